The van der Waals surface area contributed by atoms with Crippen LogP contribution in [0.25, 0.3) is 22.5 Å². The molecule has 0 atom stereocenters. The second kappa shape index (κ2) is 5.20. The van der Waals surface area contributed by atoms with Gasteiger partial charge in [0.25, 0.3) is 5.56 Å². The third kappa shape index (κ3) is 2.53. The third-order valence-electron chi connectivity index (χ3n) is 3.19. The van der Waals surface area contributed by atoms with Crippen LogP contribution in [0.4, 0.5) is 0 Å². The van der Waals surface area contributed by atoms with Crippen LogP contribution in [0.5, 0.6) is 5.88 Å². The predicted molar refractivity (Wildman–Crippen MR) is 79.9 cm³/mol. The summed E-state index contributed by atoms with van der Waals surface area (Å²) in [7, 11) is 0. The summed E-state index contributed by atoms with van der Waals surface area (Å²) < 4.78 is 0. The van der Waals surface area contributed by atoms with Crippen LogP contribution < -0.4 is 5.56 Å². The van der Waals surface area contributed by atoms with E-state index in [2.05, 4.69) is 15.0 Å². The van der Waals surface area contributed by atoms with Crippen molar-refractivity contribution in [2.45, 2.75) is 6.92 Å². The summed E-state index contributed by atoms with van der Waals surface area (Å²) in [5, 5.41) is 10.1. The number of aromatic hydroxyl groups is 1. The maximum atomic E-state index is 12.2. The molecular formula is C16H13N3O2. The molecule has 0 spiro atoms. The van der Waals surface area contributed by atoms with Crippen LogP contribution in [0.2, 0.25) is 0 Å². The van der Waals surface area contributed by atoms with Crippen LogP contribution in [0.1, 0.15) is 5.56 Å². The lowest BCUT2D eigenvalue weighted by molar-refractivity contribution is 0.454. The van der Waals surface area contributed by atoms with Crippen LogP contribution in [-0.4, -0.2) is 20.1 Å². The Bertz CT molecular complexity index is 824. The summed E-state index contributed by atoms with van der Waals surface area (Å²) in [6.45, 7) is 1.96. The fourth-order valence-corrected chi connectivity index (χ4v) is 2.09. The minimum Gasteiger partial charge on any atom is -0.493 e. The molecule has 0 saturated carbocycles. The van der Waals surface area contributed by atoms with Crippen LogP contribution >= 0.6 is 0 Å². The Morgan fingerprint density at radius 2 is 1.67 bits per heavy atom. The first-order chi connectivity index (χ1) is 10.1. The van der Waals surface area contributed by atoms with Gasteiger partial charge in [-0.2, -0.15) is 4.98 Å². The molecule has 0 aliphatic carbocycles. The lowest BCUT2D eigenvalue weighted by atomic mass is 10.1. The van der Waals surface area contributed by atoms with E-state index in [1.165, 1.54) is 0 Å². The molecule has 104 valence electrons. The summed E-state index contributed by atoms with van der Waals surface area (Å²) >= 11 is 0. The first-order valence-electron chi connectivity index (χ1n) is 6.46. The lowest BCUT2D eigenvalue weighted by Gasteiger charge is -2.06. The Morgan fingerprint density at radius 3 is 2.29 bits per heavy atom. The number of hydrogen-bond donors (Lipinski definition) is 2. The van der Waals surface area contributed by atoms with Crippen LogP contribution in [0, 0.1) is 6.92 Å². The number of aryl methyl sites for hydroxylation is 1. The molecule has 5 heteroatoms. The minimum atomic E-state index is -0.377. The number of H-pyrrole nitrogens is 1. The smallest absolute Gasteiger partial charge is 0.262 e. The van der Waals surface area contributed by atoms with Gasteiger partial charge < -0.3 is 10.1 Å². The quantitative estimate of drug-likeness (QED) is 0.755. The van der Waals surface area contributed by atoms with Gasteiger partial charge in [-0.15, -0.1) is 0 Å². The number of nitrogens with one attached hydrogen (secondary N) is 1. The highest BCUT2D eigenvalue weighted by Gasteiger charge is 2.13. The minimum absolute atomic E-state index is 0.174. The predicted octanol–water partition coefficient (Wildman–Crippen LogP) is 2.51. The van der Waals surface area contributed by atoms with Gasteiger partial charge in [0.1, 0.15) is 11.4 Å². The van der Waals surface area contributed by atoms with Gasteiger partial charge in [0.2, 0.25) is 5.88 Å². The molecule has 0 aliphatic rings. The number of benzene rings is 1. The SMILES string of the molecule is Cc1ccc(-c2c(O)nc(-c3ccncc3)[nH]c2=O)cc1. The zero-order valence-electron chi connectivity index (χ0n) is 11.4. The van der Waals surface area contributed by atoms with Crippen LogP contribution in [0.3, 0.4) is 0 Å². The molecule has 0 aliphatic heterocycles. The van der Waals surface area contributed by atoms with Crippen LogP contribution in [0.15, 0.2) is 53.6 Å². The molecule has 0 bridgehead atoms. The summed E-state index contributed by atoms with van der Waals surface area (Å²) in [6.07, 6.45) is 3.19. The van der Waals surface area contributed by atoms with Crippen molar-refractivity contribution in [3.63, 3.8) is 0 Å². The Kier molecular flexibility index (Phi) is 3.23. The highest BCUT2D eigenvalue weighted by atomic mass is 16.3. The van der Waals surface area contributed by atoms with E-state index in [4.69, 9.17) is 0 Å². The molecule has 3 aromatic rings. The fraction of sp³-hybridized carbons (Fsp3) is 0.0625. The monoisotopic (exact) mass is 279 g/mol. The van der Waals surface area contributed by atoms with Crippen LogP contribution in [-0.2, 0) is 0 Å². The van der Waals surface area contributed by atoms with Crippen molar-refractivity contribution in [3.05, 3.63) is 64.7 Å². The number of rotatable bonds is 2. The Labute approximate surface area is 121 Å². The first-order valence-corrected chi connectivity index (χ1v) is 6.46. The molecule has 0 radical (unpaired) electrons. The maximum Gasteiger partial charge on any atom is 0.262 e. The average Bonchev–Trinajstić information content (AvgIpc) is 2.49. The second-order valence-corrected chi connectivity index (χ2v) is 4.72. The zero-order chi connectivity index (χ0) is 14.8. The molecule has 0 amide bonds. The molecule has 3 rings (SSSR count). The van der Waals surface area contributed by atoms with E-state index in [1.54, 1.807) is 36.7 Å². The molecule has 21 heavy (non-hydrogen) atoms. The molecule has 5 nitrogen and oxygen atoms in total. The molecule has 2 aromatic heterocycles. The van der Waals surface area contributed by atoms with Gasteiger partial charge in [0.15, 0.2) is 0 Å². The van der Waals surface area contributed by atoms with E-state index in [0.717, 1.165) is 5.56 Å². The van der Waals surface area contributed by atoms with E-state index in [1.807, 2.05) is 19.1 Å². The van der Waals surface area contributed by atoms with Gasteiger partial charge in [0, 0.05) is 18.0 Å². The number of aromatic amines is 1. The second-order valence-electron chi connectivity index (χ2n) is 4.72. The molecule has 0 saturated heterocycles. The van der Waals surface area contributed by atoms with Gasteiger partial charge in [-0.1, -0.05) is 29.8 Å². The first kappa shape index (κ1) is 13.1. The molecular weight excluding hydrogens is 266 g/mol. The maximum absolute atomic E-state index is 12.2. The topological polar surface area (TPSA) is 78.9 Å². The number of nitrogens with zero attached hydrogens (tertiary/aromatic N) is 2. The normalized spacial score (nSPS) is 10.5. The third-order valence-corrected chi connectivity index (χ3v) is 3.19. The molecule has 1 aromatic carbocycles. The standard InChI is InChI=1S/C16H13N3O2/c1-10-2-4-11(5-3-10)13-15(20)18-14(19-16(13)21)12-6-8-17-9-7-12/h2-9H,1H3,(H2,18,19,20,21). The highest BCUT2D eigenvalue weighted by Crippen LogP contribution is 2.25. The molecule has 0 fully saturated rings. The summed E-state index contributed by atoms with van der Waals surface area (Å²) in [4.78, 5) is 22.9. The van der Waals surface area contributed by atoms with E-state index in [9.17, 15) is 9.90 Å². The van der Waals surface area contributed by atoms with Crippen molar-refractivity contribution < 1.29 is 5.11 Å². The van der Waals surface area contributed by atoms with E-state index in [-0.39, 0.29) is 17.0 Å². The fourth-order valence-electron chi connectivity index (χ4n) is 2.09. The number of pyridine rings is 1. The summed E-state index contributed by atoms with van der Waals surface area (Å²) in [6, 6.07) is 10.8. The average molecular weight is 279 g/mol. The van der Waals surface area contributed by atoms with Crippen molar-refractivity contribution in [2.75, 3.05) is 0 Å². The Balaban J connectivity index is 2.13. The Hall–Kier alpha value is -2.95. The lowest BCUT2D eigenvalue weighted by Crippen LogP contribution is -2.12. The molecule has 2 heterocycles. The van der Waals surface area contributed by atoms with Crippen molar-refractivity contribution >= 4 is 0 Å². The van der Waals surface area contributed by atoms with E-state index >= 15 is 0 Å². The highest BCUT2D eigenvalue weighted by molar-refractivity contribution is 5.69. The molecule has 2 N–H and O–H groups in total. The largest absolute Gasteiger partial charge is 0.493 e. The Morgan fingerprint density at radius 1 is 1.00 bits per heavy atom. The summed E-state index contributed by atoms with van der Waals surface area (Å²) in [5.41, 5.74) is 2.20. The van der Waals surface area contributed by atoms with Gasteiger partial charge in [-0.3, -0.25) is 9.78 Å². The van der Waals surface area contributed by atoms with Crippen molar-refractivity contribution in [1.29, 1.82) is 0 Å². The summed E-state index contributed by atoms with van der Waals surface area (Å²) in [5.74, 6) is 0.0326. The van der Waals surface area contributed by atoms with E-state index < -0.39 is 0 Å². The van der Waals surface area contributed by atoms with Crippen molar-refractivity contribution in [2.24, 2.45) is 0 Å². The van der Waals surface area contributed by atoms with Gasteiger partial charge >= 0.3 is 0 Å². The van der Waals surface area contributed by atoms with Gasteiger partial charge in [-0.05, 0) is 24.6 Å². The van der Waals surface area contributed by atoms with E-state index in [0.29, 0.717) is 17.0 Å². The number of hydrogen-bond acceptors (Lipinski definition) is 4. The van der Waals surface area contributed by atoms with Gasteiger partial charge in [0.05, 0.1) is 0 Å². The number of aromatic nitrogens is 3. The zero-order valence-corrected chi connectivity index (χ0v) is 11.4. The van der Waals surface area contributed by atoms with Crippen molar-refractivity contribution in [1.82, 2.24) is 15.0 Å². The molecule has 0 unspecified atom stereocenters. The van der Waals surface area contributed by atoms with Crippen molar-refractivity contribution in [3.8, 4) is 28.4 Å². The van der Waals surface area contributed by atoms with Gasteiger partial charge in [-0.25, -0.2) is 0 Å².